The summed E-state index contributed by atoms with van der Waals surface area (Å²) in [7, 11) is 0. The van der Waals surface area contributed by atoms with Crippen molar-refractivity contribution in [3.8, 4) is 11.1 Å². The molecule has 3 heterocycles. The molecule has 0 radical (unpaired) electrons. The minimum absolute atomic E-state index is 0.0133. The molecule has 1 saturated heterocycles. The van der Waals surface area contributed by atoms with E-state index < -0.39 is 0 Å². The minimum Gasteiger partial charge on any atom is -0.392 e. The van der Waals surface area contributed by atoms with Crippen LogP contribution in [0, 0.1) is 0 Å². The van der Waals surface area contributed by atoms with Crippen LogP contribution in [0.2, 0.25) is 0 Å². The lowest BCUT2D eigenvalue weighted by atomic mass is 10.1. The fraction of sp³-hybridized carbons (Fsp3) is 0.263. The number of rotatable bonds is 3. The van der Waals surface area contributed by atoms with E-state index in [1.807, 2.05) is 47.0 Å². The molecule has 0 bridgehead atoms. The van der Waals surface area contributed by atoms with E-state index in [9.17, 15) is 9.90 Å². The number of hydrogen-bond acceptors (Lipinski definition) is 4. The standard InChI is InChI=1S/C19H19N3O3/c23-13-14-2-1-3-15(10-14)16-4-5-18-20-17(12-22(18)11-16)19(24)21-6-8-25-9-7-21/h1-5,10-12,23H,6-9,13H2. The second-order valence-corrected chi connectivity index (χ2v) is 6.07. The summed E-state index contributed by atoms with van der Waals surface area (Å²) in [5.74, 6) is -0.0594. The number of aromatic nitrogens is 2. The van der Waals surface area contributed by atoms with Gasteiger partial charge in [0.2, 0.25) is 0 Å². The molecule has 25 heavy (non-hydrogen) atoms. The highest BCUT2D eigenvalue weighted by Crippen LogP contribution is 2.22. The van der Waals surface area contributed by atoms with E-state index in [0.717, 1.165) is 22.3 Å². The number of benzene rings is 1. The van der Waals surface area contributed by atoms with Gasteiger partial charge in [-0.2, -0.15) is 0 Å². The van der Waals surface area contributed by atoms with Crippen LogP contribution in [-0.4, -0.2) is 51.6 Å². The topological polar surface area (TPSA) is 67.1 Å². The third-order valence-corrected chi connectivity index (χ3v) is 4.41. The maximum absolute atomic E-state index is 12.6. The van der Waals surface area contributed by atoms with Crippen LogP contribution >= 0.6 is 0 Å². The summed E-state index contributed by atoms with van der Waals surface area (Å²) < 4.78 is 7.16. The first-order chi connectivity index (χ1) is 12.2. The average molecular weight is 337 g/mol. The van der Waals surface area contributed by atoms with Crippen molar-refractivity contribution >= 4 is 11.6 Å². The van der Waals surface area contributed by atoms with Gasteiger partial charge in [0.25, 0.3) is 5.91 Å². The number of nitrogens with zero attached hydrogens (tertiary/aromatic N) is 3. The first-order valence-electron chi connectivity index (χ1n) is 8.30. The number of hydrogen-bond donors (Lipinski definition) is 1. The first-order valence-corrected chi connectivity index (χ1v) is 8.30. The monoisotopic (exact) mass is 337 g/mol. The largest absolute Gasteiger partial charge is 0.392 e. The van der Waals surface area contributed by atoms with Crippen LogP contribution in [0.3, 0.4) is 0 Å². The normalized spacial score (nSPS) is 14.8. The molecule has 4 rings (SSSR count). The minimum atomic E-state index is -0.0594. The predicted octanol–water partition coefficient (Wildman–Crippen LogP) is 1.97. The Labute approximate surface area is 145 Å². The van der Waals surface area contributed by atoms with E-state index >= 15 is 0 Å². The first kappa shape index (κ1) is 15.8. The number of aliphatic hydroxyl groups excluding tert-OH is 1. The molecule has 6 heteroatoms. The Balaban J connectivity index is 1.66. The number of morpholine rings is 1. The van der Waals surface area contributed by atoms with Gasteiger partial charge in [0, 0.05) is 25.5 Å². The maximum Gasteiger partial charge on any atom is 0.274 e. The molecule has 1 amide bonds. The smallest absolute Gasteiger partial charge is 0.274 e. The summed E-state index contributed by atoms with van der Waals surface area (Å²) >= 11 is 0. The molecular formula is C19H19N3O3. The summed E-state index contributed by atoms with van der Waals surface area (Å²) in [6.07, 6.45) is 3.72. The molecule has 0 atom stereocenters. The van der Waals surface area contributed by atoms with E-state index in [1.165, 1.54) is 0 Å². The van der Waals surface area contributed by atoms with E-state index in [-0.39, 0.29) is 12.5 Å². The van der Waals surface area contributed by atoms with Crippen molar-refractivity contribution in [1.82, 2.24) is 14.3 Å². The zero-order chi connectivity index (χ0) is 17.2. The average Bonchev–Trinajstić information content (AvgIpc) is 3.11. The zero-order valence-corrected chi connectivity index (χ0v) is 13.8. The SMILES string of the molecule is O=C(c1cn2cc(-c3cccc(CO)c3)ccc2n1)N1CCOCC1. The second-order valence-electron chi connectivity index (χ2n) is 6.07. The highest BCUT2D eigenvalue weighted by atomic mass is 16.5. The summed E-state index contributed by atoms with van der Waals surface area (Å²) in [5.41, 5.74) is 4.07. The van der Waals surface area contributed by atoms with Gasteiger partial charge in [0.1, 0.15) is 11.3 Å². The van der Waals surface area contributed by atoms with Crippen LogP contribution in [0.25, 0.3) is 16.8 Å². The fourth-order valence-corrected chi connectivity index (χ4v) is 3.04. The lowest BCUT2D eigenvalue weighted by Crippen LogP contribution is -2.40. The number of aliphatic hydroxyl groups is 1. The number of carbonyl (C=O) groups is 1. The third-order valence-electron chi connectivity index (χ3n) is 4.41. The van der Waals surface area contributed by atoms with Gasteiger partial charge in [-0.05, 0) is 34.9 Å². The molecule has 0 spiro atoms. The molecule has 1 aromatic carbocycles. The van der Waals surface area contributed by atoms with Crippen molar-refractivity contribution in [2.45, 2.75) is 6.61 Å². The number of carbonyl (C=O) groups excluding carboxylic acids is 1. The second kappa shape index (κ2) is 6.66. The third kappa shape index (κ3) is 3.14. The Hall–Kier alpha value is -2.70. The van der Waals surface area contributed by atoms with Gasteiger partial charge in [-0.15, -0.1) is 0 Å². The van der Waals surface area contributed by atoms with Gasteiger partial charge in [0.15, 0.2) is 0 Å². The van der Waals surface area contributed by atoms with Crippen molar-refractivity contribution < 1.29 is 14.6 Å². The molecule has 3 aromatic rings. The Morgan fingerprint density at radius 1 is 1.12 bits per heavy atom. The van der Waals surface area contributed by atoms with E-state index in [0.29, 0.717) is 32.0 Å². The molecule has 1 fully saturated rings. The van der Waals surface area contributed by atoms with Crippen LogP contribution in [0.1, 0.15) is 16.1 Å². The van der Waals surface area contributed by atoms with Crippen LogP contribution in [0.5, 0.6) is 0 Å². The number of pyridine rings is 1. The molecule has 6 nitrogen and oxygen atoms in total. The van der Waals surface area contributed by atoms with Gasteiger partial charge in [0.05, 0.1) is 19.8 Å². The van der Waals surface area contributed by atoms with Gasteiger partial charge >= 0.3 is 0 Å². The lowest BCUT2D eigenvalue weighted by molar-refractivity contribution is 0.0299. The van der Waals surface area contributed by atoms with Gasteiger partial charge in [-0.3, -0.25) is 4.79 Å². The fourth-order valence-electron chi connectivity index (χ4n) is 3.04. The molecule has 1 aliphatic rings. The van der Waals surface area contributed by atoms with Crippen LogP contribution in [0.4, 0.5) is 0 Å². The molecule has 2 aromatic heterocycles. The van der Waals surface area contributed by atoms with E-state index in [1.54, 1.807) is 11.1 Å². The summed E-state index contributed by atoms with van der Waals surface area (Å²) in [5, 5.41) is 9.30. The Bertz CT molecular complexity index is 913. The number of imidazole rings is 1. The summed E-state index contributed by atoms with van der Waals surface area (Å²) in [4.78, 5) is 18.8. The molecule has 1 aliphatic heterocycles. The van der Waals surface area contributed by atoms with Crippen LogP contribution in [0.15, 0.2) is 48.8 Å². The number of ether oxygens (including phenoxy) is 1. The van der Waals surface area contributed by atoms with Crippen molar-refractivity contribution in [2.24, 2.45) is 0 Å². The predicted molar refractivity (Wildman–Crippen MR) is 93.3 cm³/mol. The lowest BCUT2D eigenvalue weighted by Gasteiger charge is -2.25. The van der Waals surface area contributed by atoms with E-state index in [4.69, 9.17) is 4.74 Å². The summed E-state index contributed by atoms with van der Waals surface area (Å²) in [6, 6.07) is 11.6. The highest BCUT2D eigenvalue weighted by Gasteiger charge is 2.21. The zero-order valence-electron chi connectivity index (χ0n) is 13.8. The quantitative estimate of drug-likeness (QED) is 0.793. The molecule has 0 saturated carbocycles. The van der Waals surface area contributed by atoms with Gasteiger partial charge in [-0.1, -0.05) is 18.2 Å². The highest BCUT2D eigenvalue weighted by molar-refractivity contribution is 5.93. The summed E-state index contributed by atoms with van der Waals surface area (Å²) in [6.45, 7) is 2.37. The van der Waals surface area contributed by atoms with E-state index in [2.05, 4.69) is 4.98 Å². The van der Waals surface area contributed by atoms with Gasteiger partial charge in [-0.25, -0.2) is 4.98 Å². The molecular weight excluding hydrogens is 318 g/mol. The van der Waals surface area contributed by atoms with Crippen LogP contribution in [-0.2, 0) is 11.3 Å². The molecule has 0 unspecified atom stereocenters. The Kier molecular flexibility index (Phi) is 4.21. The van der Waals surface area contributed by atoms with Crippen LogP contribution < -0.4 is 0 Å². The number of amides is 1. The van der Waals surface area contributed by atoms with Gasteiger partial charge < -0.3 is 19.1 Å². The Morgan fingerprint density at radius 3 is 2.76 bits per heavy atom. The maximum atomic E-state index is 12.6. The van der Waals surface area contributed by atoms with Crippen molar-refractivity contribution in [2.75, 3.05) is 26.3 Å². The molecule has 0 aliphatic carbocycles. The van der Waals surface area contributed by atoms with Crippen molar-refractivity contribution in [3.05, 3.63) is 60.0 Å². The number of fused-ring (bicyclic) bond motifs is 1. The molecule has 128 valence electrons. The Morgan fingerprint density at radius 2 is 1.96 bits per heavy atom. The molecule has 1 N–H and O–H groups in total. The van der Waals surface area contributed by atoms with Crippen molar-refractivity contribution in [1.29, 1.82) is 0 Å². The van der Waals surface area contributed by atoms with Crippen molar-refractivity contribution in [3.63, 3.8) is 0 Å².